The van der Waals surface area contributed by atoms with Gasteiger partial charge in [0.2, 0.25) is 11.1 Å². The third-order valence-corrected chi connectivity index (χ3v) is 5.83. The molecule has 0 saturated carbocycles. The average Bonchev–Trinajstić information content (AvgIpc) is 3.07. The number of nitrogen functional groups attached to an aromatic ring is 1. The van der Waals surface area contributed by atoms with E-state index in [1.54, 1.807) is 0 Å². The van der Waals surface area contributed by atoms with Gasteiger partial charge in [-0.15, -0.1) is 10.2 Å². The normalized spacial score (nSPS) is 11.9. The fraction of sp³-hybridized carbons (Fsp3) is 0.286. The van der Waals surface area contributed by atoms with Crippen molar-refractivity contribution >= 4 is 23.4 Å². The zero-order valence-electron chi connectivity index (χ0n) is 17.1. The molecule has 0 aliphatic heterocycles. The average molecular weight is 430 g/mol. The number of nitrogens with one attached hydrogen (secondary N) is 1. The number of amides is 1. The maximum absolute atomic E-state index is 13.0. The van der Waals surface area contributed by atoms with Crippen LogP contribution in [-0.4, -0.2) is 26.0 Å². The number of benzene rings is 2. The van der Waals surface area contributed by atoms with Gasteiger partial charge in [0, 0.05) is 5.69 Å². The number of para-hydroxylation sites is 1. The SMILES string of the molecule is CCC(Sc1nnc(COc2c(C)cccc2C)n1N)C(=O)Nc1ccc(F)cc1. The van der Waals surface area contributed by atoms with Crippen LogP contribution in [0.4, 0.5) is 10.1 Å². The second-order valence-electron chi connectivity index (χ2n) is 6.79. The topological polar surface area (TPSA) is 95.1 Å². The van der Waals surface area contributed by atoms with E-state index in [9.17, 15) is 9.18 Å². The molecule has 1 unspecified atom stereocenters. The number of carbonyl (C=O) groups is 1. The molecule has 7 nitrogen and oxygen atoms in total. The Kier molecular flexibility index (Phi) is 6.94. The van der Waals surface area contributed by atoms with Gasteiger partial charge in [-0.2, -0.15) is 0 Å². The summed E-state index contributed by atoms with van der Waals surface area (Å²) in [6.07, 6.45) is 0.554. The van der Waals surface area contributed by atoms with Crippen LogP contribution < -0.4 is 15.9 Å². The van der Waals surface area contributed by atoms with Crippen LogP contribution in [-0.2, 0) is 11.4 Å². The number of thioether (sulfide) groups is 1. The predicted molar refractivity (Wildman–Crippen MR) is 115 cm³/mol. The lowest BCUT2D eigenvalue weighted by atomic mass is 10.1. The van der Waals surface area contributed by atoms with Crippen LogP contribution in [0.2, 0.25) is 0 Å². The van der Waals surface area contributed by atoms with Gasteiger partial charge in [-0.05, 0) is 55.7 Å². The highest BCUT2D eigenvalue weighted by Crippen LogP contribution is 2.26. The lowest BCUT2D eigenvalue weighted by Gasteiger charge is -2.14. The number of nitrogens with zero attached hydrogens (tertiary/aromatic N) is 3. The number of nitrogens with two attached hydrogens (primary N) is 1. The van der Waals surface area contributed by atoms with Crippen LogP contribution in [0.15, 0.2) is 47.6 Å². The van der Waals surface area contributed by atoms with E-state index >= 15 is 0 Å². The second kappa shape index (κ2) is 9.62. The van der Waals surface area contributed by atoms with Gasteiger partial charge in [-0.25, -0.2) is 9.07 Å². The van der Waals surface area contributed by atoms with Crippen LogP contribution in [0.5, 0.6) is 5.75 Å². The van der Waals surface area contributed by atoms with Crippen molar-refractivity contribution in [2.75, 3.05) is 11.2 Å². The predicted octanol–water partition coefficient (Wildman–Crippen LogP) is 3.84. The summed E-state index contributed by atoms with van der Waals surface area (Å²) < 4.78 is 20.3. The van der Waals surface area contributed by atoms with Crippen molar-refractivity contribution in [2.45, 2.75) is 44.2 Å². The Balaban J connectivity index is 1.65. The summed E-state index contributed by atoms with van der Waals surface area (Å²) in [5.41, 5.74) is 2.57. The monoisotopic (exact) mass is 429 g/mol. The number of aromatic nitrogens is 3. The zero-order chi connectivity index (χ0) is 21.7. The molecule has 0 spiro atoms. The van der Waals surface area contributed by atoms with E-state index in [-0.39, 0.29) is 18.3 Å². The Morgan fingerprint density at radius 1 is 1.20 bits per heavy atom. The van der Waals surface area contributed by atoms with Crippen LogP contribution >= 0.6 is 11.8 Å². The van der Waals surface area contributed by atoms with Crippen LogP contribution in [0.25, 0.3) is 0 Å². The lowest BCUT2D eigenvalue weighted by molar-refractivity contribution is -0.115. The summed E-state index contributed by atoms with van der Waals surface area (Å²) in [5, 5.41) is 11.0. The van der Waals surface area contributed by atoms with E-state index in [4.69, 9.17) is 10.6 Å². The number of halogens is 1. The number of anilines is 1. The third kappa shape index (κ3) is 5.10. The van der Waals surface area contributed by atoms with Gasteiger partial charge in [-0.1, -0.05) is 36.9 Å². The number of carbonyl (C=O) groups excluding carboxylic acids is 1. The molecule has 2 aromatic carbocycles. The fourth-order valence-electron chi connectivity index (χ4n) is 2.86. The molecular weight excluding hydrogens is 405 g/mol. The van der Waals surface area contributed by atoms with E-state index < -0.39 is 5.25 Å². The molecule has 9 heteroatoms. The van der Waals surface area contributed by atoms with Crippen molar-refractivity contribution in [1.29, 1.82) is 0 Å². The van der Waals surface area contributed by atoms with E-state index in [1.165, 1.54) is 40.7 Å². The first-order valence-corrected chi connectivity index (χ1v) is 10.4. The quantitative estimate of drug-likeness (QED) is 0.417. The zero-order valence-corrected chi connectivity index (χ0v) is 17.9. The minimum atomic E-state index is -0.436. The standard InChI is InChI=1S/C21H24FN5O2S/c1-4-17(20(28)24-16-10-8-15(22)9-11-16)30-21-26-25-18(27(21)23)12-29-19-13(2)6-5-7-14(19)3/h5-11,17H,4,12,23H2,1-3H3,(H,24,28). The number of hydrogen-bond donors (Lipinski definition) is 2. The molecule has 0 aliphatic rings. The first kappa shape index (κ1) is 21.6. The van der Waals surface area contributed by atoms with Crippen molar-refractivity contribution in [3.8, 4) is 5.75 Å². The maximum atomic E-state index is 13.0. The van der Waals surface area contributed by atoms with Gasteiger partial charge in [0.1, 0.15) is 18.2 Å². The van der Waals surface area contributed by atoms with E-state index in [0.29, 0.717) is 23.1 Å². The van der Waals surface area contributed by atoms with Crippen molar-refractivity contribution in [1.82, 2.24) is 14.9 Å². The van der Waals surface area contributed by atoms with Crippen molar-refractivity contribution in [3.05, 3.63) is 65.2 Å². The Hall–Kier alpha value is -3.07. The molecule has 0 fully saturated rings. The fourth-order valence-corrected chi connectivity index (χ4v) is 3.75. The summed E-state index contributed by atoms with van der Waals surface area (Å²) in [5.74, 6) is 6.80. The minimum absolute atomic E-state index is 0.161. The smallest absolute Gasteiger partial charge is 0.237 e. The summed E-state index contributed by atoms with van der Waals surface area (Å²) in [7, 11) is 0. The van der Waals surface area contributed by atoms with E-state index in [0.717, 1.165) is 16.9 Å². The lowest BCUT2D eigenvalue weighted by Crippen LogP contribution is -2.26. The molecule has 158 valence electrons. The number of rotatable bonds is 8. The molecule has 0 radical (unpaired) electrons. The van der Waals surface area contributed by atoms with Gasteiger partial charge in [-0.3, -0.25) is 4.79 Å². The minimum Gasteiger partial charge on any atom is -0.485 e. The van der Waals surface area contributed by atoms with E-state index in [2.05, 4.69) is 15.5 Å². The first-order chi connectivity index (χ1) is 14.4. The molecule has 1 heterocycles. The number of aryl methyl sites for hydroxylation is 2. The summed E-state index contributed by atoms with van der Waals surface area (Å²) in [6, 6.07) is 11.5. The molecule has 1 amide bonds. The van der Waals surface area contributed by atoms with Crippen molar-refractivity contribution in [2.24, 2.45) is 0 Å². The highest BCUT2D eigenvalue weighted by molar-refractivity contribution is 8.00. The van der Waals surface area contributed by atoms with Gasteiger partial charge in [0.15, 0.2) is 5.82 Å². The molecule has 3 N–H and O–H groups in total. The van der Waals surface area contributed by atoms with Crippen molar-refractivity contribution in [3.63, 3.8) is 0 Å². The number of ether oxygens (including phenoxy) is 1. The second-order valence-corrected chi connectivity index (χ2v) is 7.96. The Morgan fingerprint density at radius 3 is 2.50 bits per heavy atom. The van der Waals surface area contributed by atoms with E-state index in [1.807, 2.05) is 39.0 Å². The van der Waals surface area contributed by atoms with Gasteiger partial charge < -0.3 is 15.9 Å². The molecule has 3 rings (SSSR count). The molecule has 0 aliphatic carbocycles. The summed E-state index contributed by atoms with van der Waals surface area (Å²) in [4.78, 5) is 12.6. The molecule has 1 atom stereocenters. The summed E-state index contributed by atoms with van der Waals surface area (Å²) in [6.45, 7) is 6.00. The third-order valence-electron chi connectivity index (χ3n) is 4.51. The van der Waals surface area contributed by atoms with Crippen LogP contribution in [0, 0.1) is 19.7 Å². The highest BCUT2D eigenvalue weighted by atomic mass is 32.2. The summed E-state index contributed by atoms with van der Waals surface area (Å²) >= 11 is 1.22. The van der Waals surface area contributed by atoms with Crippen LogP contribution in [0.1, 0.15) is 30.3 Å². The number of hydrogen-bond acceptors (Lipinski definition) is 6. The Morgan fingerprint density at radius 2 is 1.87 bits per heavy atom. The highest BCUT2D eigenvalue weighted by Gasteiger charge is 2.22. The molecular formula is C21H24FN5O2S. The van der Waals surface area contributed by atoms with Gasteiger partial charge >= 0.3 is 0 Å². The first-order valence-electron chi connectivity index (χ1n) is 9.50. The Labute approximate surface area is 178 Å². The maximum Gasteiger partial charge on any atom is 0.237 e. The van der Waals surface area contributed by atoms with Crippen LogP contribution in [0.3, 0.4) is 0 Å². The largest absolute Gasteiger partial charge is 0.485 e. The van der Waals surface area contributed by atoms with Gasteiger partial charge in [0.25, 0.3) is 0 Å². The molecule has 1 aromatic heterocycles. The molecule has 0 bridgehead atoms. The molecule has 0 saturated heterocycles. The molecule has 30 heavy (non-hydrogen) atoms. The van der Waals surface area contributed by atoms with Gasteiger partial charge in [0.05, 0.1) is 5.25 Å². The Bertz CT molecular complexity index is 1000. The van der Waals surface area contributed by atoms with Crippen molar-refractivity contribution < 1.29 is 13.9 Å². The molecule has 3 aromatic rings.